The van der Waals surface area contributed by atoms with Crippen LogP contribution in [0.3, 0.4) is 0 Å². The van der Waals surface area contributed by atoms with Crippen molar-refractivity contribution in [3.05, 3.63) is 58.4 Å². The minimum absolute atomic E-state index is 0.0945. The lowest BCUT2D eigenvalue weighted by molar-refractivity contribution is 0.405. The molecule has 0 bridgehead atoms. The van der Waals surface area contributed by atoms with Crippen LogP contribution in [0.4, 0.5) is 0 Å². The van der Waals surface area contributed by atoms with Crippen LogP contribution < -0.4 is 16.0 Å². The van der Waals surface area contributed by atoms with Crippen molar-refractivity contribution in [1.82, 2.24) is 10.4 Å². The summed E-state index contributed by atoms with van der Waals surface area (Å²) in [4.78, 5) is 4.31. The van der Waals surface area contributed by atoms with Crippen LogP contribution in [0.5, 0.6) is 5.75 Å². The zero-order valence-electron chi connectivity index (χ0n) is 11.6. The zero-order valence-corrected chi connectivity index (χ0v) is 12.3. The van der Waals surface area contributed by atoms with Gasteiger partial charge in [-0.25, -0.2) is 0 Å². The van der Waals surface area contributed by atoms with Crippen LogP contribution in [0.15, 0.2) is 36.5 Å². The molecule has 106 valence electrons. The molecule has 1 unspecified atom stereocenters. The molecule has 1 atom stereocenters. The van der Waals surface area contributed by atoms with Crippen molar-refractivity contribution < 1.29 is 4.74 Å². The molecule has 5 heteroatoms. The monoisotopic (exact) mass is 291 g/mol. The van der Waals surface area contributed by atoms with E-state index in [1.165, 1.54) is 5.56 Å². The molecular formula is C15H18ClN3O. The molecule has 0 aliphatic rings. The van der Waals surface area contributed by atoms with Crippen LogP contribution in [-0.2, 0) is 6.42 Å². The van der Waals surface area contributed by atoms with Gasteiger partial charge in [0.2, 0.25) is 0 Å². The van der Waals surface area contributed by atoms with Crippen molar-refractivity contribution in [3.8, 4) is 5.75 Å². The van der Waals surface area contributed by atoms with E-state index in [0.717, 1.165) is 17.0 Å². The molecule has 4 nitrogen and oxygen atoms in total. The molecule has 0 aliphatic carbocycles. The van der Waals surface area contributed by atoms with Crippen LogP contribution in [0.2, 0.25) is 5.02 Å². The van der Waals surface area contributed by atoms with Gasteiger partial charge in [-0.3, -0.25) is 16.3 Å². The zero-order chi connectivity index (χ0) is 14.5. The number of methoxy groups -OCH3 is 1. The molecule has 20 heavy (non-hydrogen) atoms. The molecule has 3 N–H and O–H groups in total. The number of nitrogens with two attached hydrogens (primary N) is 1. The van der Waals surface area contributed by atoms with Gasteiger partial charge in [-0.05, 0) is 37.1 Å². The summed E-state index contributed by atoms with van der Waals surface area (Å²) in [5.41, 5.74) is 5.91. The van der Waals surface area contributed by atoms with E-state index in [1.807, 2.05) is 31.2 Å². The molecule has 0 spiro atoms. The number of nitrogens with one attached hydrogen (secondary N) is 1. The van der Waals surface area contributed by atoms with Crippen LogP contribution in [0.1, 0.15) is 22.9 Å². The number of benzene rings is 1. The molecule has 2 aromatic rings. The molecule has 0 fully saturated rings. The maximum Gasteiger partial charge on any atom is 0.122 e. The smallest absolute Gasteiger partial charge is 0.122 e. The first-order valence-corrected chi connectivity index (χ1v) is 6.73. The minimum Gasteiger partial charge on any atom is -0.496 e. The normalized spacial score (nSPS) is 12.2. The number of rotatable bonds is 5. The van der Waals surface area contributed by atoms with E-state index < -0.39 is 0 Å². The maximum atomic E-state index is 5.85. The van der Waals surface area contributed by atoms with Gasteiger partial charge in [-0.2, -0.15) is 0 Å². The number of pyridine rings is 1. The largest absolute Gasteiger partial charge is 0.496 e. The third kappa shape index (κ3) is 3.48. The van der Waals surface area contributed by atoms with Gasteiger partial charge in [-0.1, -0.05) is 29.3 Å². The summed E-state index contributed by atoms with van der Waals surface area (Å²) in [5.74, 6) is 6.51. The van der Waals surface area contributed by atoms with Gasteiger partial charge in [0.05, 0.1) is 23.9 Å². The van der Waals surface area contributed by atoms with Gasteiger partial charge in [-0.15, -0.1) is 0 Å². The molecule has 0 aliphatic heterocycles. The number of aromatic nitrogens is 1. The van der Waals surface area contributed by atoms with E-state index >= 15 is 0 Å². The van der Waals surface area contributed by atoms with Crippen molar-refractivity contribution in [2.24, 2.45) is 5.84 Å². The van der Waals surface area contributed by atoms with Gasteiger partial charge in [0.1, 0.15) is 5.75 Å². The Kier molecular flexibility index (Phi) is 4.95. The SMILES string of the molecule is COc1ccc(C)cc1CC(NN)c1ccc(Cl)cn1. The lowest BCUT2D eigenvalue weighted by Crippen LogP contribution is -2.30. The quantitative estimate of drug-likeness (QED) is 0.657. The number of hydrogen-bond donors (Lipinski definition) is 2. The standard InChI is InChI=1S/C15H18ClN3O/c1-10-3-6-15(20-2)11(7-10)8-14(19-17)13-5-4-12(16)9-18-13/h3-7,9,14,19H,8,17H2,1-2H3. The first-order valence-electron chi connectivity index (χ1n) is 6.35. The van der Waals surface area contributed by atoms with Gasteiger partial charge < -0.3 is 4.74 Å². The number of hydrogen-bond acceptors (Lipinski definition) is 4. The predicted octanol–water partition coefficient (Wildman–Crippen LogP) is 2.80. The number of halogens is 1. The number of nitrogens with zero attached hydrogens (tertiary/aromatic N) is 1. The van der Waals surface area contributed by atoms with E-state index in [-0.39, 0.29) is 6.04 Å². The average Bonchev–Trinajstić information content (AvgIpc) is 2.46. The summed E-state index contributed by atoms with van der Waals surface area (Å²) in [6.45, 7) is 2.05. The first kappa shape index (κ1) is 14.8. The van der Waals surface area contributed by atoms with Gasteiger partial charge in [0.25, 0.3) is 0 Å². The number of ether oxygens (including phenoxy) is 1. The Bertz CT molecular complexity index is 572. The topological polar surface area (TPSA) is 60.2 Å². The Balaban J connectivity index is 2.26. The summed E-state index contributed by atoms with van der Waals surface area (Å²) in [6, 6.07) is 9.67. The third-order valence-electron chi connectivity index (χ3n) is 3.17. The lowest BCUT2D eigenvalue weighted by Gasteiger charge is -2.17. The fraction of sp³-hybridized carbons (Fsp3) is 0.267. The van der Waals surface area contributed by atoms with Crippen molar-refractivity contribution in [2.45, 2.75) is 19.4 Å². The molecule has 0 saturated heterocycles. The third-order valence-corrected chi connectivity index (χ3v) is 3.39. The Labute approximate surface area is 123 Å². The summed E-state index contributed by atoms with van der Waals surface area (Å²) < 4.78 is 5.39. The second-order valence-corrected chi connectivity index (χ2v) is 5.08. The Morgan fingerprint density at radius 3 is 2.75 bits per heavy atom. The van der Waals surface area contributed by atoms with Gasteiger partial charge in [0, 0.05) is 6.20 Å². The van der Waals surface area contributed by atoms with Crippen LogP contribution in [0, 0.1) is 6.92 Å². The number of hydrazine groups is 1. The molecule has 0 radical (unpaired) electrons. The first-order chi connectivity index (χ1) is 9.63. The molecule has 1 aromatic heterocycles. The van der Waals surface area contributed by atoms with E-state index in [2.05, 4.69) is 16.5 Å². The Morgan fingerprint density at radius 1 is 1.35 bits per heavy atom. The summed E-state index contributed by atoms with van der Waals surface area (Å²) in [6.07, 6.45) is 2.31. The second kappa shape index (κ2) is 6.70. The highest BCUT2D eigenvalue weighted by atomic mass is 35.5. The van der Waals surface area contributed by atoms with Crippen molar-refractivity contribution >= 4 is 11.6 Å². The van der Waals surface area contributed by atoms with Gasteiger partial charge in [0.15, 0.2) is 0 Å². The number of aryl methyl sites for hydroxylation is 1. The molecule has 0 saturated carbocycles. The fourth-order valence-electron chi connectivity index (χ4n) is 2.13. The summed E-state index contributed by atoms with van der Waals surface area (Å²) >= 11 is 5.85. The highest BCUT2D eigenvalue weighted by molar-refractivity contribution is 6.30. The summed E-state index contributed by atoms with van der Waals surface area (Å²) in [5, 5.41) is 0.609. The van der Waals surface area contributed by atoms with E-state index in [9.17, 15) is 0 Å². The second-order valence-electron chi connectivity index (χ2n) is 4.64. The molecule has 2 rings (SSSR count). The minimum atomic E-state index is -0.0945. The fourth-order valence-corrected chi connectivity index (χ4v) is 2.24. The molecule has 1 aromatic carbocycles. The Hall–Kier alpha value is -1.62. The van der Waals surface area contributed by atoms with Crippen molar-refractivity contribution in [2.75, 3.05) is 7.11 Å². The van der Waals surface area contributed by atoms with Gasteiger partial charge >= 0.3 is 0 Å². The van der Waals surface area contributed by atoms with Crippen LogP contribution in [-0.4, -0.2) is 12.1 Å². The van der Waals surface area contributed by atoms with E-state index in [0.29, 0.717) is 11.4 Å². The van der Waals surface area contributed by atoms with Crippen LogP contribution in [0.25, 0.3) is 0 Å². The van der Waals surface area contributed by atoms with E-state index in [4.69, 9.17) is 22.2 Å². The highest BCUT2D eigenvalue weighted by Gasteiger charge is 2.15. The summed E-state index contributed by atoms with van der Waals surface area (Å²) in [7, 11) is 1.67. The van der Waals surface area contributed by atoms with Crippen LogP contribution >= 0.6 is 11.6 Å². The highest BCUT2D eigenvalue weighted by Crippen LogP contribution is 2.25. The average molecular weight is 292 g/mol. The van der Waals surface area contributed by atoms with Crippen molar-refractivity contribution in [1.29, 1.82) is 0 Å². The predicted molar refractivity (Wildman–Crippen MR) is 80.7 cm³/mol. The Morgan fingerprint density at radius 2 is 2.15 bits per heavy atom. The molecule has 1 heterocycles. The van der Waals surface area contributed by atoms with Crippen molar-refractivity contribution in [3.63, 3.8) is 0 Å². The lowest BCUT2D eigenvalue weighted by atomic mass is 10.0. The molecule has 0 amide bonds. The molecular weight excluding hydrogens is 274 g/mol. The maximum absolute atomic E-state index is 5.85. The van der Waals surface area contributed by atoms with E-state index in [1.54, 1.807) is 13.3 Å².